The Morgan fingerprint density at radius 2 is 1.71 bits per heavy atom. The van der Waals surface area contributed by atoms with Crippen LogP contribution in [0.4, 0.5) is 0 Å². The van der Waals surface area contributed by atoms with Crippen molar-refractivity contribution in [1.82, 2.24) is 0 Å². The highest BCUT2D eigenvalue weighted by Crippen LogP contribution is 1.95. The maximum absolute atomic E-state index is 5.16. The van der Waals surface area contributed by atoms with E-state index in [0.29, 0.717) is 0 Å². The number of ether oxygens (including phenoxy) is 2. The van der Waals surface area contributed by atoms with Crippen molar-refractivity contribution in [3.05, 3.63) is 6.92 Å². The van der Waals surface area contributed by atoms with E-state index in [-0.39, 0.29) is 0 Å². The monoisotopic (exact) mass is 104 g/mol. The largest absolute Gasteiger partial charge is 0.341 e. The third-order valence-corrected chi connectivity index (χ3v) is 0.691. The molecule has 0 aliphatic carbocycles. The molecule has 1 radical (unpaired) electrons. The van der Waals surface area contributed by atoms with Gasteiger partial charge in [0.15, 0.2) is 0 Å². The number of methoxy groups -OCH3 is 2. The lowest BCUT2D eigenvalue weighted by atomic mass is 10.6. The molecule has 0 aromatic rings. The van der Waals surface area contributed by atoms with Crippen molar-refractivity contribution in [1.29, 1.82) is 0 Å². The molecule has 0 aromatic heterocycles. The van der Waals surface area contributed by atoms with E-state index in [0.717, 1.165) is 0 Å². The smallest absolute Gasteiger partial charge is 0.224 e. The predicted molar refractivity (Wildman–Crippen MR) is 26.3 cm³/mol. The molecule has 0 saturated carbocycles. The maximum atomic E-state index is 5.16. The molecule has 0 unspecified atom stereocenters. The summed E-state index contributed by atoms with van der Waals surface area (Å²) in [7, 11) is 2.85. The Morgan fingerprint density at radius 3 is 1.71 bits per heavy atom. The number of nitrogens with two attached hydrogens (primary N) is 1. The van der Waals surface area contributed by atoms with Gasteiger partial charge in [-0.15, -0.1) is 0 Å². The van der Waals surface area contributed by atoms with Gasteiger partial charge in [-0.1, -0.05) is 0 Å². The lowest BCUT2D eigenvalue weighted by Gasteiger charge is -2.18. The van der Waals surface area contributed by atoms with Gasteiger partial charge in [0, 0.05) is 21.1 Å². The molecule has 2 N–H and O–H groups in total. The van der Waals surface area contributed by atoms with E-state index < -0.39 is 5.91 Å². The Morgan fingerprint density at radius 1 is 1.43 bits per heavy atom. The average molecular weight is 104 g/mol. The molecule has 0 spiro atoms. The molecule has 43 valence electrons. The van der Waals surface area contributed by atoms with Crippen molar-refractivity contribution in [2.24, 2.45) is 5.73 Å². The molecule has 0 rings (SSSR count). The highest BCUT2D eigenvalue weighted by Gasteiger charge is 2.13. The van der Waals surface area contributed by atoms with Crippen LogP contribution in [0.1, 0.15) is 0 Å². The number of hydrogen-bond donors (Lipinski definition) is 1. The second kappa shape index (κ2) is 2.26. The van der Waals surface area contributed by atoms with E-state index in [1.165, 1.54) is 14.2 Å². The summed E-state index contributed by atoms with van der Waals surface area (Å²) < 4.78 is 9.06. The molecule has 0 atom stereocenters. The highest BCUT2D eigenvalue weighted by molar-refractivity contribution is 4.59. The number of hydrogen-bond acceptors (Lipinski definition) is 3. The summed E-state index contributed by atoms with van der Waals surface area (Å²) in [5.74, 6) is -1.17. The Hall–Kier alpha value is -0.120. The van der Waals surface area contributed by atoms with Gasteiger partial charge in [0.2, 0.25) is 5.91 Å². The lowest BCUT2D eigenvalue weighted by Crippen LogP contribution is -2.40. The van der Waals surface area contributed by atoms with Crippen molar-refractivity contribution in [3.8, 4) is 0 Å². The van der Waals surface area contributed by atoms with Crippen LogP contribution in [0.15, 0.2) is 0 Å². The van der Waals surface area contributed by atoms with Crippen LogP contribution in [0.5, 0.6) is 0 Å². The van der Waals surface area contributed by atoms with Crippen molar-refractivity contribution in [2.45, 2.75) is 5.91 Å². The molecular weight excluding hydrogens is 94.0 g/mol. The van der Waals surface area contributed by atoms with Crippen LogP contribution in [-0.2, 0) is 9.47 Å². The van der Waals surface area contributed by atoms with Crippen LogP contribution in [-0.4, -0.2) is 20.1 Å². The Labute approximate surface area is 43.4 Å². The average Bonchev–Trinajstić information content (AvgIpc) is 1.68. The van der Waals surface area contributed by atoms with E-state index in [2.05, 4.69) is 16.4 Å². The zero-order valence-electron chi connectivity index (χ0n) is 4.60. The molecule has 3 nitrogen and oxygen atoms in total. The Kier molecular flexibility index (Phi) is 2.22. The van der Waals surface area contributed by atoms with E-state index >= 15 is 0 Å². The molecule has 7 heavy (non-hydrogen) atoms. The first-order valence-corrected chi connectivity index (χ1v) is 1.87. The Bertz CT molecular complexity index is 47.7. The van der Waals surface area contributed by atoms with Crippen molar-refractivity contribution in [2.75, 3.05) is 14.2 Å². The second-order valence-corrected chi connectivity index (χ2v) is 1.22. The van der Waals surface area contributed by atoms with Gasteiger partial charge in [-0.3, -0.25) is 5.73 Å². The summed E-state index contributed by atoms with van der Waals surface area (Å²) in [6, 6.07) is 0. The van der Waals surface area contributed by atoms with E-state index in [9.17, 15) is 0 Å². The SMILES string of the molecule is [CH2]C(N)(OC)OC. The van der Waals surface area contributed by atoms with Crippen molar-refractivity contribution < 1.29 is 9.47 Å². The Balaban J connectivity index is 3.36. The summed E-state index contributed by atoms with van der Waals surface area (Å²) in [5, 5.41) is 0. The van der Waals surface area contributed by atoms with Crippen LogP contribution in [0, 0.1) is 6.92 Å². The van der Waals surface area contributed by atoms with Crippen LogP contribution >= 0.6 is 0 Å². The van der Waals surface area contributed by atoms with Gasteiger partial charge >= 0.3 is 0 Å². The van der Waals surface area contributed by atoms with Crippen LogP contribution in [0.25, 0.3) is 0 Å². The summed E-state index contributed by atoms with van der Waals surface area (Å²) in [6.45, 7) is 3.34. The second-order valence-electron chi connectivity index (χ2n) is 1.22. The zero-order chi connectivity index (χ0) is 5.91. The standard InChI is InChI=1S/C4H10NO2/c1-4(5,6-2)7-3/h1,5H2,2-3H3. The minimum atomic E-state index is -1.17. The molecule has 0 fully saturated rings. The lowest BCUT2D eigenvalue weighted by molar-refractivity contribution is -0.167. The van der Waals surface area contributed by atoms with Gasteiger partial charge in [0.1, 0.15) is 0 Å². The molecule has 0 aliphatic heterocycles. The van der Waals surface area contributed by atoms with Gasteiger partial charge in [-0.05, 0) is 0 Å². The molecule has 0 aliphatic rings. The summed E-state index contributed by atoms with van der Waals surface area (Å²) in [6.07, 6.45) is 0. The quantitative estimate of drug-likeness (QED) is 0.490. The molecular formula is C4H10NO2. The number of rotatable bonds is 2. The van der Waals surface area contributed by atoms with Crippen molar-refractivity contribution >= 4 is 0 Å². The molecule has 0 aromatic carbocycles. The summed E-state index contributed by atoms with van der Waals surface area (Å²) in [4.78, 5) is 0. The van der Waals surface area contributed by atoms with E-state index in [4.69, 9.17) is 5.73 Å². The van der Waals surface area contributed by atoms with Gasteiger partial charge in [-0.25, -0.2) is 0 Å². The minimum Gasteiger partial charge on any atom is -0.341 e. The van der Waals surface area contributed by atoms with Crippen molar-refractivity contribution in [3.63, 3.8) is 0 Å². The fourth-order valence-corrected chi connectivity index (χ4v) is 0.0833. The predicted octanol–water partition coefficient (Wildman–Crippen LogP) is -0.274. The highest BCUT2D eigenvalue weighted by atomic mass is 16.7. The minimum absolute atomic E-state index is 1.17. The third kappa shape index (κ3) is 2.56. The first kappa shape index (κ1) is 6.88. The fourth-order valence-electron chi connectivity index (χ4n) is 0.0833. The molecule has 0 heterocycles. The van der Waals surface area contributed by atoms with Crippen LogP contribution in [0.3, 0.4) is 0 Å². The van der Waals surface area contributed by atoms with Crippen LogP contribution in [0.2, 0.25) is 0 Å². The normalized spacial score (nSPS) is 12.0. The summed E-state index contributed by atoms with van der Waals surface area (Å²) in [5.41, 5.74) is 5.16. The van der Waals surface area contributed by atoms with Crippen LogP contribution < -0.4 is 5.73 Å². The van der Waals surface area contributed by atoms with Gasteiger partial charge in [0.25, 0.3) is 0 Å². The molecule has 0 saturated heterocycles. The zero-order valence-corrected chi connectivity index (χ0v) is 4.60. The maximum Gasteiger partial charge on any atom is 0.224 e. The van der Waals surface area contributed by atoms with E-state index in [1.807, 2.05) is 0 Å². The first-order chi connectivity index (χ1) is 3.12. The fraction of sp³-hybridized carbons (Fsp3) is 0.750. The van der Waals surface area contributed by atoms with Gasteiger partial charge < -0.3 is 9.47 Å². The molecule has 0 bridgehead atoms. The molecule has 0 amide bonds. The topological polar surface area (TPSA) is 44.5 Å². The first-order valence-electron chi connectivity index (χ1n) is 1.87. The van der Waals surface area contributed by atoms with E-state index in [1.54, 1.807) is 0 Å². The van der Waals surface area contributed by atoms with Gasteiger partial charge in [-0.2, -0.15) is 0 Å². The van der Waals surface area contributed by atoms with Gasteiger partial charge in [0.05, 0.1) is 0 Å². The summed E-state index contributed by atoms with van der Waals surface area (Å²) >= 11 is 0. The third-order valence-electron chi connectivity index (χ3n) is 0.691. The molecule has 3 heteroatoms.